The summed E-state index contributed by atoms with van der Waals surface area (Å²) >= 11 is 0. The zero-order valence-corrected chi connectivity index (χ0v) is 11.7. The first-order chi connectivity index (χ1) is 9.69. The molecule has 3 aromatic rings. The molecule has 0 fully saturated rings. The molecular formula is C16H17N3O. The topological polar surface area (TPSA) is 64.9 Å². The maximum Gasteiger partial charge on any atom is 0.199 e. The van der Waals surface area contributed by atoms with Crippen molar-refractivity contribution in [2.75, 3.05) is 6.54 Å². The third kappa shape index (κ3) is 2.18. The van der Waals surface area contributed by atoms with E-state index in [-0.39, 0.29) is 0 Å². The number of aryl methyl sites for hydroxylation is 1. The summed E-state index contributed by atoms with van der Waals surface area (Å²) in [6, 6.07) is 10.1. The maximum absolute atomic E-state index is 5.60. The monoisotopic (exact) mass is 267 g/mol. The molecule has 2 N–H and O–H groups in total. The third-order valence-corrected chi connectivity index (χ3v) is 3.54. The van der Waals surface area contributed by atoms with Crippen molar-refractivity contribution in [1.82, 2.24) is 9.97 Å². The van der Waals surface area contributed by atoms with Crippen LogP contribution in [0.15, 0.2) is 34.7 Å². The van der Waals surface area contributed by atoms with Crippen molar-refractivity contribution < 1.29 is 4.42 Å². The van der Waals surface area contributed by atoms with Crippen molar-refractivity contribution in [2.45, 2.75) is 20.3 Å². The van der Waals surface area contributed by atoms with E-state index in [1.807, 2.05) is 18.2 Å². The van der Waals surface area contributed by atoms with E-state index in [1.54, 1.807) is 0 Å². The van der Waals surface area contributed by atoms with Crippen LogP contribution in [0.5, 0.6) is 0 Å². The Balaban J connectivity index is 2.10. The highest BCUT2D eigenvalue weighted by Crippen LogP contribution is 2.26. The fraction of sp³-hybridized carbons (Fsp3) is 0.250. The number of rotatable bonds is 3. The van der Waals surface area contributed by atoms with E-state index in [4.69, 9.17) is 10.2 Å². The molecule has 2 heterocycles. The largest absolute Gasteiger partial charge is 0.439 e. The summed E-state index contributed by atoms with van der Waals surface area (Å²) in [5, 5.41) is 0. The molecule has 0 unspecified atom stereocenters. The lowest BCUT2D eigenvalue weighted by Gasteiger charge is -2.07. The van der Waals surface area contributed by atoms with Crippen LogP contribution in [0.2, 0.25) is 0 Å². The predicted molar refractivity (Wildman–Crippen MR) is 79.5 cm³/mol. The maximum atomic E-state index is 5.60. The van der Waals surface area contributed by atoms with Gasteiger partial charge in [0, 0.05) is 18.5 Å². The van der Waals surface area contributed by atoms with Crippen LogP contribution in [-0.4, -0.2) is 16.5 Å². The Labute approximate surface area is 117 Å². The number of oxazole rings is 1. The van der Waals surface area contributed by atoms with Gasteiger partial charge in [-0.2, -0.15) is 4.98 Å². The van der Waals surface area contributed by atoms with E-state index in [9.17, 15) is 0 Å². The summed E-state index contributed by atoms with van der Waals surface area (Å²) in [4.78, 5) is 8.99. The van der Waals surface area contributed by atoms with Crippen LogP contribution in [0.25, 0.3) is 22.5 Å². The lowest BCUT2D eigenvalue weighted by atomic mass is 10.0. The first-order valence-corrected chi connectivity index (χ1v) is 6.72. The molecule has 4 heteroatoms. The standard InChI is InChI=1S/C16H17N3O/c1-10-4-3-5-12(11(10)2)13-6-7-14-16(18-13)19-15(20-14)8-9-17/h3-7H,8-9,17H2,1-2H3. The summed E-state index contributed by atoms with van der Waals surface area (Å²) in [6.07, 6.45) is 0.634. The molecule has 102 valence electrons. The number of nitrogens with two attached hydrogens (primary N) is 1. The molecule has 0 amide bonds. The Morgan fingerprint density at radius 3 is 2.75 bits per heavy atom. The second-order valence-electron chi connectivity index (χ2n) is 4.91. The molecule has 3 rings (SSSR count). The zero-order valence-electron chi connectivity index (χ0n) is 11.7. The van der Waals surface area contributed by atoms with Crippen LogP contribution >= 0.6 is 0 Å². The minimum atomic E-state index is 0.524. The van der Waals surface area contributed by atoms with Crippen LogP contribution in [0.3, 0.4) is 0 Å². The number of hydrogen-bond acceptors (Lipinski definition) is 4. The van der Waals surface area contributed by atoms with Crippen molar-refractivity contribution in [3.63, 3.8) is 0 Å². The SMILES string of the molecule is Cc1cccc(-c2ccc3oc(CCN)nc3n2)c1C. The van der Waals surface area contributed by atoms with Gasteiger partial charge in [-0.05, 0) is 37.1 Å². The lowest BCUT2D eigenvalue weighted by Crippen LogP contribution is -2.02. The Hall–Kier alpha value is -2.20. The van der Waals surface area contributed by atoms with Gasteiger partial charge >= 0.3 is 0 Å². The molecule has 20 heavy (non-hydrogen) atoms. The molecular weight excluding hydrogens is 250 g/mol. The smallest absolute Gasteiger partial charge is 0.199 e. The van der Waals surface area contributed by atoms with Crippen LogP contribution in [0.1, 0.15) is 17.0 Å². The van der Waals surface area contributed by atoms with E-state index in [0.29, 0.717) is 30.1 Å². The predicted octanol–water partition coefficient (Wildman–Crippen LogP) is 3.01. The Morgan fingerprint density at radius 2 is 1.95 bits per heavy atom. The molecule has 2 aromatic heterocycles. The third-order valence-electron chi connectivity index (χ3n) is 3.54. The highest BCUT2D eigenvalue weighted by molar-refractivity contribution is 5.74. The van der Waals surface area contributed by atoms with Gasteiger partial charge in [-0.1, -0.05) is 18.2 Å². The molecule has 0 spiro atoms. The molecule has 0 aliphatic carbocycles. The van der Waals surface area contributed by atoms with E-state index >= 15 is 0 Å². The number of nitrogens with zero attached hydrogens (tertiary/aromatic N) is 2. The Kier molecular flexibility index (Phi) is 3.24. The Bertz CT molecular complexity index is 762. The minimum Gasteiger partial charge on any atom is -0.439 e. The number of aromatic nitrogens is 2. The van der Waals surface area contributed by atoms with Crippen LogP contribution in [0.4, 0.5) is 0 Å². The van der Waals surface area contributed by atoms with Crippen LogP contribution < -0.4 is 5.73 Å². The normalized spacial score (nSPS) is 11.2. The molecule has 0 bridgehead atoms. The highest BCUT2D eigenvalue weighted by Gasteiger charge is 2.10. The quantitative estimate of drug-likeness (QED) is 0.792. The van der Waals surface area contributed by atoms with Gasteiger partial charge in [-0.3, -0.25) is 0 Å². The first-order valence-electron chi connectivity index (χ1n) is 6.72. The van der Waals surface area contributed by atoms with Gasteiger partial charge in [0.25, 0.3) is 0 Å². The van der Waals surface area contributed by atoms with Gasteiger partial charge in [-0.15, -0.1) is 0 Å². The fourth-order valence-electron chi connectivity index (χ4n) is 2.27. The average molecular weight is 267 g/mol. The molecule has 4 nitrogen and oxygen atoms in total. The number of pyridine rings is 1. The fourth-order valence-corrected chi connectivity index (χ4v) is 2.27. The molecule has 1 aromatic carbocycles. The number of fused-ring (bicyclic) bond motifs is 1. The first kappa shape index (κ1) is 12.8. The summed E-state index contributed by atoms with van der Waals surface area (Å²) in [5.74, 6) is 0.646. The van der Waals surface area contributed by atoms with Crippen molar-refractivity contribution >= 4 is 11.2 Å². The summed E-state index contributed by atoms with van der Waals surface area (Å²) in [7, 11) is 0. The van der Waals surface area contributed by atoms with E-state index in [0.717, 1.165) is 11.3 Å². The van der Waals surface area contributed by atoms with E-state index in [2.05, 4.69) is 35.9 Å². The number of benzene rings is 1. The van der Waals surface area contributed by atoms with Crippen molar-refractivity contribution in [2.24, 2.45) is 5.73 Å². The van der Waals surface area contributed by atoms with Gasteiger partial charge in [0.2, 0.25) is 0 Å². The van der Waals surface area contributed by atoms with Crippen LogP contribution in [-0.2, 0) is 6.42 Å². The van der Waals surface area contributed by atoms with Gasteiger partial charge < -0.3 is 10.2 Å². The minimum absolute atomic E-state index is 0.524. The number of hydrogen-bond donors (Lipinski definition) is 1. The molecule has 0 radical (unpaired) electrons. The van der Waals surface area contributed by atoms with Crippen LogP contribution in [0, 0.1) is 13.8 Å². The van der Waals surface area contributed by atoms with Crippen molar-refractivity contribution in [1.29, 1.82) is 0 Å². The lowest BCUT2D eigenvalue weighted by molar-refractivity contribution is 0.531. The van der Waals surface area contributed by atoms with E-state index in [1.165, 1.54) is 11.1 Å². The van der Waals surface area contributed by atoms with Gasteiger partial charge in [-0.25, -0.2) is 4.98 Å². The van der Waals surface area contributed by atoms with Crippen molar-refractivity contribution in [3.8, 4) is 11.3 Å². The van der Waals surface area contributed by atoms with Gasteiger partial charge in [0.05, 0.1) is 5.69 Å². The second kappa shape index (κ2) is 5.06. The summed E-state index contributed by atoms with van der Waals surface area (Å²) < 4.78 is 5.60. The molecule has 0 aliphatic rings. The highest BCUT2D eigenvalue weighted by atomic mass is 16.3. The van der Waals surface area contributed by atoms with Gasteiger partial charge in [0.15, 0.2) is 17.1 Å². The molecule has 0 saturated carbocycles. The molecule has 0 aliphatic heterocycles. The summed E-state index contributed by atoms with van der Waals surface area (Å²) in [6.45, 7) is 4.74. The second-order valence-corrected chi connectivity index (χ2v) is 4.91. The van der Waals surface area contributed by atoms with E-state index < -0.39 is 0 Å². The van der Waals surface area contributed by atoms with Crippen molar-refractivity contribution in [3.05, 3.63) is 47.3 Å². The molecule has 0 atom stereocenters. The zero-order chi connectivity index (χ0) is 14.1. The Morgan fingerprint density at radius 1 is 1.10 bits per heavy atom. The average Bonchev–Trinajstić information content (AvgIpc) is 2.83. The van der Waals surface area contributed by atoms with Gasteiger partial charge in [0.1, 0.15) is 0 Å². The molecule has 0 saturated heterocycles. The summed E-state index contributed by atoms with van der Waals surface area (Å²) in [5.41, 5.74) is 11.4.